The summed E-state index contributed by atoms with van der Waals surface area (Å²) in [6.45, 7) is 3.83. The van der Waals surface area contributed by atoms with Gasteiger partial charge in [-0.3, -0.25) is 4.40 Å². The number of thioether (sulfide) groups is 1. The van der Waals surface area contributed by atoms with Crippen molar-refractivity contribution < 1.29 is 0 Å². The van der Waals surface area contributed by atoms with E-state index in [9.17, 15) is 0 Å². The van der Waals surface area contributed by atoms with Crippen molar-refractivity contribution in [2.45, 2.75) is 0 Å². The molecule has 0 spiro atoms. The Labute approximate surface area is 109 Å². The lowest BCUT2D eigenvalue weighted by Gasteiger charge is -2.00. The zero-order chi connectivity index (χ0) is 13.0. The van der Waals surface area contributed by atoms with Crippen molar-refractivity contribution in [1.82, 2.24) is 14.6 Å². The van der Waals surface area contributed by atoms with E-state index in [1.165, 1.54) is 18.0 Å². The number of nitrogens with two attached hydrogens (primary N) is 1. The number of fused-ring (bicyclic) bond motifs is 1. The summed E-state index contributed by atoms with van der Waals surface area (Å²) >= 11 is 1.47. The molecule has 0 radical (unpaired) electrons. The summed E-state index contributed by atoms with van der Waals surface area (Å²) in [5, 5.41) is 8.89. The number of hydrogen-bond donors (Lipinski definition) is 1. The lowest BCUT2D eigenvalue weighted by Crippen LogP contribution is -2.05. The Kier molecular flexibility index (Phi) is 3.78. The van der Waals surface area contributed by atoms with Crippen LogP contribution in [0.4, 0.5) is 0 Å². The molecular formula is C12H13N5S. The van der Waals surface area contributed by atoms with Crippen LogP contribution in [0, 0.1) is 0 Å². The standard InChI is InChI=1S/C12H13N5S/c1-9(18-2)14-10(6-7-13)12-16-15-11-5-3-4-8-17(11)12/h3-8H,1,13H2,2H3/b7-6-,14-10?. The molecule has 0 aromatic carbocycles. The van der Waals surface area contributed by atoms with Crippen LogP contribution in [0.2, 0.25) is 0 Å². The SMILES string of the molecule is C=C(N=C(/C=C\N)c1nnc2ccccn12)SC. The second-order valence-electron chi connectivity index (χ2n) is 3.41. The molecule has 5 nitrogen and oxygen atoms in total. The van der Waals surface area contributed by atoms with Gasteiger partial charge in [-0.15, -0.1) is 22.0 Å². The van der Waals surface area contributed by atoms with Crippen LogP contribution in [-0.2, 0) is 0 Å². The molecule has 0 amide bonds. The maximum Gasteiger partial charge on any atom is 0.187 e. The summed E-state index contributed by atoms with van der Waals surface area (Å²) in [6.07, 6.45) is 6.91. The van der Waals surface area contributed by atoms with Gasteiger partial charge in [0.2, 0.25) is 0 Å². The van der Waals surface area contributed by atoms with Gasteiger partial charge in [0.25, 0.3) is 0 Å². The summed E-state index contributed by atoms with van der Waals surface area (Å²) < 4.78 is 1.85. The summed E-state index contributed by atoms with van der Waals surface area (Å²) in [5.41, 5.74) is 6.84. The number of allylic oxidation sites excluding steroid dienone is 1. The first-order chi connectivity index (χ1) is 8.76. The highest BCUT2D eigenvalue weighted by atomic mass is 32.2. The van der Waals surface area contributed by atoms with Crippen molar-refractivity contribution in [2.75, 3.05) is 6.26 Å². The zero-order valence-electron chi connectivity index (χ0n) is 9.95. The Morgan fingerprint density at radius 1 is 1.50 bits per heavy atom. The quantitative estimate of drug-likeness (QED) is 0.850. The zero-order valence-corrected chi connectivity index (χ0v) is 10.8. The van der Waals surface area contributed by atoms with Crippen molar-refractivity contribution >= 4 is 23.1 Å². The minimum atomic E-state index is 0.635. The van der Waals surface area contributed by atoms with Crippen molar-refractivity contribution in [3.8, 4) is 0 Å². The summed E-state index contributed by atoms with van der Waals surface area (Å²) in [4.78, 5) is 4.37. The van der Waals surface area contributed by atoms with Crippen LogP contribution >= 0.6 is 11.8 Å². The summed E-state index contributed by atoms with van der Waals surface area (Å²) in [7, 11) is 0. The van der Waals surface area contributed by atoms with Gasteiger partial charge in [0.15, 0.2) is 11.5 Å². The number of hydrogen-bond acceptors (Lipinski definition) is 5. The van der Waals surface area contributed by atoms with Gasteiger partial charge in [0.1, 0.15) is 5.71 Å². The average Bonchev–Trinajstić information content (AvgIpc) is 2.82. The van der Waals surface area contributed by atoms with Gasteiger partial charge >= 0.3 is 0 Å². The molecule has 0 aliphatic heterocycles. The molecule has 6 heteroatoms. The van der Waals surface area contributed by atoms with E-state index in [0.717, 1.165) is 5.65 Å². The van der Waals surface area contributed by atoms with E-state index in [2.05, 4.69) is 21.8 Å². The van der Waals surface area contributed by atoms with Crippen molar-refractivity contribution in [3.63, 3.8) is 0 Å². The van der Waals surface area contributed by atoms with Crippen LogP contribution in [0.1, 0.15) is 5.82 Å². The van der Waals surface area contributed by atoms with Crippen molar-refractivity contribution in [1.29, 1.82) is 0 Å². The first-order valence-electron chi connectivity index (χ1n) is 5.26. The lowest BCUT2D eigenvalue weighted by molar-refractivity contribution is 1.07. The largest absolute Gasteiger partial charge is 0.405 e. The van der Waals surface area contributed by atoms with Crippen LogP contribution in [0.3, 0.4) is 0 Å². The number of pyridine rings is 1. The van der Waals surface area contributed by atoms with Gasteiger partial charge in [-0.25, -0.2) is 4.99 Å². The number of aromatic nitrogens is 3. The third-order valence-corrected chi connectivity index (χ3v) is 2.84. The van der Waals surface area contributed by atoms with Crippen LogP contribution in [0.25, 0.3) is 5.65 Å². The molecule has 2 rings (SSSR count). The monoisotopic (exact) mass is 259 g/mol. The molecule has 0 aliphatic carbocycles. The Morgan fingerprint density at radius 3 is 3.06 bits per heavy atom. The minimum Gasteiger partial charge on any atom is -0.405 e. The molecule has 0 aliphatic rings. The molecule has 0 saturated carbocycles. The Bertz CT molecular complexity index is 626. The van der Waals surface area contributed by atoms with Crippen molar-refractivity contribution in [3.05, 3.63) is 54.1 Å². The van der Waals surface area contributed by atoms with Crippen molar-refractivity contribution in [2.24, 2.45) is 10.7 Å². The molecule has 92 valence electrons. The van der Waals surface area contributed by atoms with Gasteiger partial charge in [-0.1, -0.05) is 12.6 Å². The highest BCUT2D eigenvalue weighted by molar-refractivity contribution is 8.02. The fourth-order valence-corrected chi connectivity index (χ4v) is 1.64. The maximum atomic E-state index is 5.44. The van der Waals surface area contributed by atoms with Gasteiger partial charge in [0, 0.05) is 6.20 Å². The van der Waals surface area contributed by atoms with Crippen LogP contribution in [0.15, 0.2) is 53.3 Å². The molecule has 2 N–H and O–H groups in total. The average molecular weight is 259 g/mol. The fourth-order valence-electron chi connectivity index (χ4n) is 1.45. The van der Waals surface area contributed by atoms with Gasteiger partial charge in [-0.05, 0) is 30.7 Å². The lowest BCUT2D eigenvalue weighted by atomic mass is 10.3. The minimum absolute atomic E-state index is 0.635. The molecule has 0 saturated heterocycles. The summed E-state index contributed by atoms with van der Waals surface area (Å²) in [5.74, 6) is 0.641. The first-order valence-corrected chi connectivity index (χ1v) is 6.48. The van der Waals surface area contributed by atoms with Gasteiger partial charge in [0.05, 0.1) is 5.03 Å². The van der Waals surface area contributed by atoms with E-state index >= 15 is 0 Å². The van der Waals surface area contributed by atoms with E-state index < -0.39 is 0 Å². The van der Waals surface area contributed by atoms with Crippen LogP contribution in [0.5, 0.6) is 0 Å². The van der Waals surface area contributed by atoms with E-state index in [4.69, 9.17) is 5.73 Å². The maximum absolute atomic E-state index is 5.44. The molecule has 18 heavy (non-hydrogen) atoms. The number of aliphatic imine (C=N–C) groups is 1. The third kappa shape index (κ3) is 2.43. The van der Waals surface area contributed by atoms with Gasteiger partial charge < -0.3 is 5.73 Å². The van der Waals surface area contributed by atoms with Gasteiger partial charge in [-0.2, -0.15) is 0 Å². The third-order valence-electron chi connectivity index (χ3n) is 2.28. The first kappa shape index (κ1) is 12.4. The van der Waals surface area contributed by atoms with E-state index in [0.29, 0.717) is 16.6 Å². The van der Waals surface area contributed by atoms with E-state index in [1.807, 2.05) is 35.1 Å². The molecular weight excluding hydrogens is 246 g/mol. The smallest absolute Gasteiger partial charge is 0.187 e. The fraction of sp³-hybridized carbons (Fsp3) is 0.0833. The molecule has 2 heterocycles. The Hall–Kier alpha value is -2.08. The number of nitrogens with zero attached hydrogens (tertiary/aromatic N) is 4. The predicted octanol–water partition coefficient (Wildman–Crippen LogP) is 1.82. The van der Waals surface area contributed by atoms with Crippen LogP contribution < -0.4 is 5.73 Å². The number of rotatable bonds is 4. The highest BCUT2D eigenvalue weighted by Gasteiger charge is 2.09. The second kappa shape index (κ2) is 5.50. The van der Waals surface area contributed by atoms with E-state index in [1.54, 1.807) is 6.08 Å². The Balaban J connectivity index is 2.55. The molecule has 2 aromatic heterocycles. The topological polar surface area (TPSA) is 68.6 Å². The van der Waals surface area contributed by atoms with Crippen LogP contribution in [-0.4, -0.2) is 26.6 Å². The molecule has 0 fully saturated rings. The molecule has 0 unspecified atom stereocenters. The summed E-state index contributed by atoms with van der Waals surface area (Å²) in [6, 6.07) is 5.70. The predicted molar refractivity (Wildman–Crippen MR) is 75.5 cm³/mol. The molecule has 2 aromatic rings. The Morgan fingerprint density at radius 2 is 2.33 bits per heavy atom. The van der Waals surface area contributed by atoms with E-state index in [-0.39, 0.29) is 0 Å². The normalized spacial score (nSPS) is 12.4. The second-order valence-corrected chi connectivity index (χ2v) is 4.29. The molecule has 0 bridgehead atoms. The highest BCUT2D eigenvalue weighted by Crippen LogP contribution is 2.13. The molecule has 0 atom stereocenters.